The first-order valence-electron chi connectivity index (χ1n) is 11.8. The summed E-state index contributed by atoms with van der Waals surface area (Å²) in [5.41, 5.74) is 0.365. The number of nitrogens with zero attached hydrogens (tertiary/aromatic N) is 4. The summed E-state index contributed by atoms with van der Waals surface area (Å²) in [5, 5.41) is 3.80. The van der Waals surface area contributed by atoms with E-state index in [9.17, 15) is 13.2 Å². The number of carbonyl (C=O) groups excluding carboxylic acids is 1. The molecule has 4 rings (SSSR count). The predicted octanol–water partition coefficient (Wildman–Crippen LogP) is 1.79. The number of amides is 1. The van der Waals surface area contributed by atoms with Gasteiger partial charge in [0.05, 0.1) is 18.1 Å². The highest BCUT2D eigenvalue weighted by Gasteiger charge is 2.40. The Hall–Kier alpha value is -1.49. The lowest BCUT2D eigenvalue weighted by Gasteiger charge is -2.39. The van der Waals surface area contributed by atoms with Crippen LogP contribution in [-0.4, -0.2) is 91.1 Å². The number of ether oxygens (including phenoxy) is 1. The molecule has 0 spiro atoms. The molecule has 3 aliphatic heterocycles. The normalized spacial score (nSPS) is 30.7. The van der Waals surface area contributed by atoms with Crippen LogP contribution in [0.1, 0.15) is 51.0 Å². The van der Waals surface area contributed by atoms with Gasteiger partial charge in [0, 0.05) is 45.3 Å². The molecule has 3 aliphatic rings. The van der Waals surface area contributed by atoms with Crippen LogP contribution in [0.2, 0.25) is 0 Å². The van der Waals surface area contributed by atoms with Gasteiger partial charge in [-0.15, -0.1) is 0 Å². The number of sulfonamides is 1. The van der Waals surface area contributed by atoms with Gasteiger partial charge in [0.15, 0.2) is 5.76 Å². The van der Waals surface area contributed by atoms with E-state index in [0.29, 0.717) is 24.4 Å². The topological polar surface area (TPSA) is 96.2 Å². The summed E-state index contributed by atoms with van der Waals surface area (Å²) in [7, 11) is -3.73. The maximum Gasteiger partial charge on any atom is 0.248 e. The number of carbonyl (C=O) groups is 1. The minimum Gasteiger partial charge on any atom is -0.373 e. The van der Waals surface area contributed by atoms with Crippen molar-refractivity contribution in [2.45, 2.75) is 76.5 Å². The number of hydrogen-bond donors (Lipinski definition) is 0. The van der Waals surface area contributed by atoms with Gasteiger partial charge in [0.2, 0.25) is 15.9 Å². The minimum absolute atomic E-state index is 0.0977. The van der Waals surface area contributed by atoms with Crippen LogP contribution in [0, 0.1) is 19.8 Å². The van der Waals surface area contributed by atoms with Crippen LogP contribution >= 0.6 is 0 Å². The second-order valence-electron chi connectivity index (χ2n) is 9.66. The molecule has 9 nitrogen and oxygen atoms in total. The lowest BCUT2D eigenvalue weighted by Crippen LogP contribution is -2.53. The summed E-state index contributed by atoms with van der Waals surface area (Å²) >= 11 is 0. The van der Waals surface area contributed by atoms with Gasteiger partial charge in [0.1, 0.15) is 10.6 Å². The van der Waals surface area contributed by atoms with E-state index < -0.39 is 10.0 Å². The van der Waals surface area contributed by atoms with Gasteiger partial charge >= 0.3 is 0 Å². The second-order valence-corrected chi connectivity index (χ2v) is 11.5. The molecule has 1 aromatic rings. The van der Waals surface area contributed by atoms with Crippen LogP contribution in [0.25, 0.3) is 0 Å². The number of aromatic nitrogens is 1. The summed E-state index contributed by atoms with van der Waals surface area (Å²) < 4.78 is 38.9. The molecule has 3 saturated heterocycles. The molecular formula is C22H36N4O5S. The summed E-state index contributed by atoms with van der Waals surface area (Å²) in [6.45, 7) is 11.5. The van der Waals surface area contributed by atoms with Crippen molar-refractivity contribution in [3.05, 3.63) is 11.5 Å². The number of piperidine rings is 1. The predicted molar refractivity (Wildman–Crippen MR) is 119 cm³/mol. The highest BCUT2D eigenvalue weighted by molar-refractivity contribution is 7.89. The van der Waals surface area contributed by atoms with E-state index in [2.05, 4.69) is 23.9 Å². The molecule has 4 heterocycles. The average Bonchev–Trinajstić information content (AvgIpc) is 3.33. The first-order chi connectivity index (χ1) is 15.2. The number of likely N-dealkylation sites (tertiary alicyclic amines) is 1. The van der Waals surface area contributed by atoms with Gasteiger partial charge in [-0.3, -0.25) is 9.69 Å². The van der Waals surface area contributed by atoms with Crippen LogP contribution in [-0.2, 0) is 19.6 Å². The van der Waals surface area contributed by atoms with Crippen LogP contribution in [0.5, 0.6) is 0 Å². The molecule has 0 aromatic carbocycles. The average molecular weight is 469 g/mol. The van der Waals surface area contributed by atoms with E-state index in [0.717, 1.165) is 45.4 Å². The second kappa shape index (κ2) is 9.40. The number of morpholine rings is 1. The largest absolute Gasteiger partial charge is 0.373 e. The molecule has 32 heavy (non-hydrogen) atoms. The standard InChI is InChI=1S/C22H36N4O5S/c1-15-11-24(12-16(2)30-15)14-20-8-6-10-26(20)22(27)19-7-5-9-25(13-19)32(28,29)21-17(3)23-31-18(21)4/h15-16,19-20H,5-14H2,1-4H3. The first-order valence-corrected chi connectivity index (χ1v) is 13.2. The number of aryl methyl sites for hydroxylation is 2. The monoisotopic (exact) mass is 468 g/mol. The van der Waals surface area contributed by atoms with Crippen LogP contribution < -0.4 is 0 Å². The molecule has 4 unspecified atom stereocenters. The van der Waals surface area contributed by atoms with Gasteiger partial charge in [-0.25, -0.2) is 8.42 Å². The van der Waals surface area contributed by atoms with Crippen LogP contribution in [0.3, 0.4) is 0 Å². The Morgan fingerprint density at radius 1 is 1.06 bits per heavy atom. The summed E-state index contributed by atoms with van der Waals surface area (Å²) in [4.78, 5) is 18.1. The molecule has 1 amide bonds. The molecule has 0 saturated carbocycles. The van der Waals surface area contributed by atoms with Gasteiger partial charge in [0.25, 0.3) is 0 Å². The Balaban J connectivity index is 1.43. The third kappa shape index (κ3) is 4.73. The van der Waals surface area contributed by atoms with Crippen molar-refractivity contribution in [3.8, 4) is 0 Å². The lowest BCUT2D eigenvalue weighted by atomic mass is 9.97. The number of rotatable bonds is 5. The lowest BCUT2D eigenvalue weighted by molar-refractivity contribution is -0.138. The molecule has 0 bridgehead atoms. The molecule has 3 fully saturated rings. The van der Waals surface area contributed by atoms with Crippen molar-refractivity contribution in [1.82, 2.24) is 19.3 Å². The van der Waals surface area contributed by atoms with E-state index in [1.807, 2.05) is 4.90 Å². The highest BCUT2D eigenvalue weighted by Crippen LogP contribution is 2.30. The van der Waals surface area contributed by atoms with E-state index in [4.69, 9.17) is 9.26 Å². The van der Waals surface area contributed by atoms with Crippen molar-refractivity contribution in [2.75, 3.05) is 39.3 Å². The summed E-state index contributed by atoms with van der Waals surface area (Å²) in [6.07, 6.45) is 3.80. The van der Waals surface area contributed by atoms with Crippen molar-refractivity contribution in [1.29, 1.82) is 0 Å². The van der Waals surface area contributed by atoms with Crippen molar-refractivity contribution < 1.29 is 22.5 Å². The van der Waals surface area contributed by atoms with E-state index in [1.54, 1.807) is 13.8 Å². The Labute approximate surface area is 191 Å². The van der Waals surface area contributed by atoms with Crippen LogP contribution in [0.4, 0.5) is 0 Å². The molecule has 180 valence electrons. The SMILES string of the molecule is Cc1noc(C)c1S(=O)(=O)N1CCCC(C(=O)N2CCCC2CN2CC(C)OC(C)C2)C1. The van der Waals surface area contributed by atoms with E-state index in [1.165, 1.54) is 4.31 Å². The molecule has 0 N–H and O–H groups in total. The molecular weight excluding hydrogens is 432 g/mol. The van der Waals surface area contributed by atoms with Crippen molar-refractivity contribution >= 4 is 15.9 Å². The van der Waals surface area contributed by atoms with Crippen molar-refractivity contribution in [3.63, 3.8) is 0 Å². The fourth-order valence-electron chi connectivity index (χ4n) is 5.62. The summed E-state index contributed by atoms with van der Waals surface area (Å²) in [6, 6.07) is 0.189. The zero-order valence-electron chi connectivity index (χ0n) is 19.6. The molecule has 4 atom stereocenters. The Morgan fingerprint density at radius 2 is 1.75 bits per heavy atom. The van der Waals surface area contributed by atoms with E-state index >= 15 is 0 Å². The fraction of sp³-hybridized carbons (Fsp3) is 0.818. The Morgan fingerprint density at radius 3 is 2.41 bits per heavy atom. The third-order valence-corrected chi connectivity index (χ3v) is 9.03. The zero-order valence-corrected chi connectivity index (χ0v) is 20.4. The first kappa shape index (κ1) is 23.7. The molecule has 0 radical (unpaired) electrons. The quantitative estimate of drug-likeness (QED) is 0.650. The van der Waals surface area contributed by atoms with Gasteiger partial charge in [-0.2, -0.15) is 4.31 Å². The zero-order chi connectivity index (χ0) is 23.0. The Bertz CT molecular complexity index is 903. The van der Waals surface area contributed by atoms with Crippen LogP contribution in [0.15, 0.2) is 9.42 Å². The summed E-state index contributed by atoms with van der Waals surface area (Å²) in [5.74, 6) is 0.0900. The smallest absolute Gasteiger partial charge is 0.248 e. The van der Waals surface area contributed by atoms with E-state index in [-0.39, 0.29) is 41.5 Å². The van der Waals surface area contributed by atoms with Crippen molar-refractivity contribution in [2.24, 2.45) is 5.92 Å². The molecule has 1 aromatic heterocycles. The molecule has 0 aliphatic carbocycles. The third-order valence-electron chi connectivity index (χ3n) is 6.92. The molecule has 10 heteroatoms. The Kier molecular flexibility index (Phi) is 6.95. The van der Waals surface area contributed by atoms with Gasteiger partial charge in [-0.05, 0) is 53.4 Å². The number of hydrogen-bond acceptors (Lipinski definition) is 7. The minimum atomic E-state index is -3.73. The van der Waals surface area contributed by atoms with Gasteiger partial charge < -0.3 is 14.2 Å². The fourth-order valence-corrected chi connectivity index (χ4v) is 7.43. The highest BCUT2D eigenvalue weighted by atomic mass is 32.2. The van der Waals surface area contributed by atoms with Gasteiger partial charge in [-0.1, -0.05) is 5.16 Å². The maximum absolute atomic E-state index is 13.5. The maximum atomic E-state index is 13.5.